The zero-order valence-corrected chi connectivity index (χ0v) is 16.9. The molecule has 138 valence electrons. The predicted octanol–water partition coefficient (Wildman–Crippen LogP) is 7.63. The fourth-order valence-electron chi connectivity index (χ4n) is 2.25. The van der Waals surface area contributed by atoms with Gasteiger partial charge in [-0.2, -0.15) is 10.5 Å². The lowest BCUT2D eigenvalue weighted by atomic mass is 10.1. The molecule has 0 spiro atoms. The summed E-state index contributed by atoms with van der Waals surface area (Å²) >= 11 is 24.3. The summed E-state index contributed by atoms with van der Waals surface area (Å²) < 4.78 is 11.7. The highest BCUT2D eigenvalue weighted by Crippen LogP contribution is 2.41. The molecule has 3 rings (SSSR count). The van der Waals surface area contributed by atoms with Crippen molar-refractivity contribution >= 4 is 46.4 Å². The van der Waals surface area contributed by atoms with Crippen LogP contribution >= 0.6 is 46.4 Å². The van der Waals surface area contributed by atoms with Crippen molar-refractivity contribution in [3.05, 3.63) is 79.7 Å². The van der Waals surface area contributed by atoms with E-state index in [9.17, 15) is 10.5 Å². The maximum atomic E-state index is 9.32. The molecule has 0 unspecified atom stereocenters. The molecule has 0 aromatic heterocycles. The van der Waals surface area contributed by atoms with Gasteiger partial charge in [-0.3, -0.25) is 0 Å². The van der Waals surface area contributed by atoms with E-state index < -0.39 is 0 Å². The van der Waals surface area contributed by atoms with Crippen molar-refractivity contribution in [1.29, 1.82) is 10.5 Å². The minimum atomic E-state index is 0.111. The minimum Gasteiger partial charge on any atom is -0.452 e. The zero-order chi connectivity index (χ0) is 20.3. The Kier molecular flexibility index (Phi) is 6.19. The van der Waals surface area contributed by atoms with Gasteiger partial charge < -0.3 is 9.47 Å². The van der Waals surface area contributed by atoms with Crippen molar-refractivity contribution in [3.8, 4) is 35.1 Å². The van der Waals surface area contributed by atoms with Gasteiger partial charge in [-0.05, 0) is 24.3 Å². The number of halogens is 4. The molecule has 4 nitrogen and oxygen atoms in total. The van der Waals surface area contributed by atoms with Crippen molar-refractivity contribution in [2.45, 2.75) is 0 Å². The average molecular weight is 450 g/mol. The Bertz CT molecular complexity index is 1060. The van der Waals surface area contributed by atoms with E-state index in [1.54, 1.807) is 24.3 Å². The summed E-state index contributed by atoms with van der Waals surface area (Å²) in [6.07, 6.45) is 0. The Labute approximate surface area is 181 Å². The molecule has 3 aromatic rings. The Morgan fingerprint density at radius 3 is 1.32 bits per heavy atom. The second-order valence-electron chi connectivity index (χ2n) is 5.42. The molecular formula is C20H8Cl4N2O2. The maximum Gasteiger partial charge on any atom is 0.171 e. The molecule has 0 saturated heterocycles. The van der Waals surface area contributed by atoms with Crippen molar-refractivity contribution in [2.24, 2.45) is 0 Å². The van der Waals surface area contributed by atoms with Crippen LogP contribution in [0.1, 0.15) is 11.1 Å². The number of nitrogens with zero attached hydrogens (tertiary/aromatic N) is 2. The van der Waals surface area contributed by atoms with Gasteiger partial charge in [0.1, 0.15) is 23.6 Å². The number of hydrogen-bond donors (Lipinski definition) is 0. The van der Waals surface area contributed by atoms with E-state index in [0.29, 0.717) is 20.1 Å². The summed E-state index contributed by atoms with van der Waals surface area (Å²) in [5.74, 6) is 0.807. The number of hydrogen-bond acceptors (Lipinski definition) is 4. The van der Waals surface area contributed by atoms with E-state index in [4.69, 9.17) is 55.9 Å². The molecule has 0 atom stereocenters. The lowest BCUT2D eigenvalue weighted by Gasteiger charge is -2.15. The molecule has 0 bridgehead atoms. The van der Waals surface area contributed by atoms with Crippen molar-refractivity contribution < 1.29 is 9.47 Å². The lowest BCUT2D eigenvalue weighted by Crippen LogP contribution is -1.95. The lowest BCUT2D eigenvalue weighted by molar-refractivity contribution is 0.419. The van der Waals surface area contributed by atoms with Crippen LogP contribution in [0, 0.1) is 22.7 Å². The van der Waals surface area contributed by atoms with Gasteiger partial charge in [0.05, 0.1) is 21.2 Å². The van der Waals surface area contributed by atoms with Crippen molar-refractivity contribution in [3.63, 3.8) is 0 Å². The smallest absolute Gasteiger partial charge is 0.171 e. The molecule has 0 amide bonds. The quantitative estimate of drug-likeness (QED) is 0.410. The van der Waals surface area contributed by atoms with Crippen LogP contribution in [0.5, 0.6) is 23.0 Å². The minimum absolute atomic E-state index is 0.111. The van der Waals surface area contributed by atoms with Crippen LogP contribution in [0.3, 0.4) is 0 Å². The van der Waals surface area contributed by atoms with Crippen LogP contribution in [0.4, 0.5) is 0 Å². The van der Waals surface area contributed by atoms with Crippen LogP contribution in [0.2, 0.25) is 20.1 Å². The number of nitriles is 2. The topological polar surface area (TPSA) is 66.0 Å². The standard InChI is InChI=1S/C20H8Cl4N2O2/c21-13-1-3-15(23)17(7-13)27-19-5-11(9-25)12(10-26)6-20(19)28-18-8-14(22)2-4-16(18)24/h1-8H. The normalized spacial score (nSPS) is 10.1. The second kappa shape index (κ2) is 8.61. The predicted molar refractivity (Wildman–Crippen MR) is 109 cm³/mol. The molecule has 0 aliphatic rings. The first-order valence-electron chi connectivity index (χ1n) is 7.65. The van der Waals surface area contributed by atoms with Crippen molar-refractivity contribution in [2.75, 3.05) is 0 Å². The highest BCUT2D eigenvalue weighted by molar-refractivity contribution is 6.34. The molecule has 28 heavy (non-hydrogen) atoms. The Morgan fingerprint density at radius 2 is 0.964 bits per heavy atom. The van der Waals surface area contributed by atoms with Gasteiger partial charge in [0.25, 0.3) is 0 Å². The van der Waals surface area contributed by atoms with Crippen LogP contribution < -0.4 is 9.47 Å². The first-order chi connectivity index (χ1) is 13.4. The molecular weight excluding hydrogens is 442 g/mol. The summed E-state index contributed by atoms with van der Waals surface area (Å²) in [6, 6.07) is 16.1. The molecule has 0 aliphatic heterocycles. The second-order valence-corrected chi connectivity index (χ2v) is 7.11. The van der Waals surface area contributed by atoms with Gasteiger partial charge in [-0.25, -0.2) is 0 Å². The van der Waals surface area contributed by atoms with Gasteiger partial charge in [-0.1, -0.05) is 46.4 Å². The molecule has 3 aromatic carbocycles. The van der Waals surface area contributed by atoms with Crippen LogP contribution in [0.15, 0.2) is 48.5 Å². The average Bonchev–Trinajstić information content (AvgIpc) is 2.68. The van der Waals surface area contributed by atoms with Gasteiger partial charge in [0, 0.05) is 34.3 Å². The largest absolute Gasteiger partial charge is 0.452 e. The number of ether oxygens (including phenoxy) is 2. The first kappa shape index (κ1) is 20.1. The highest BCUT2D eigenvalue weighted by atomic mass is 35.5. The molecule has 0 fully saturated rings. The third-order valence-corrected chi connectivity index (χ3v) is 4.65. The Hall–Kier alpha value is -2.60. The zero-order valence-electron chi connectivity index (χ0n) is 13.8. The first-order valence-corrected chi connectivity index (χ1v) is 9.16. The summed E-state index contributed by atoms with van der Waals surface area (Å²) in [6.45, 7) is 0. The molecule has 8 heteroatoms. The molecule has 0 heterocycles. The monoisotopic (exact) mass is 448 g/mol. The van der Waals surface area contributed by atoms with E-state index in [2.05, 4.69) is 0 Å². The Morgan fingerprint density at radius 1 is 0.571 bits per heavy atom. The SMILES string of the molecule is N#Cc1cc(Oc2cc(Cl)ccc2Cl)c(Oc2cc(Cl)ccc2Cl)cc1C#N. The number of rotatable bonds is 4. The van der Waals surface area contributed by atoms with E-state index in [1.165, 1.54) is 24.3 Å². The van der Waals surface area contributed by atoms with E-state index in [1.807, 2.05) is 12.1 Å². The molecule has 0 saturated carbocycles. The summed E-state index contributed by atoms with van der Waals surface area (Å²) in [5, 5.41) is 20.1. The van der Waals surface area contributed by atoms with Gasteiger partial charge >= 0.3 is 0 Å². The summed E-state index contributed by atoms with van der Waals surface area (Å²) in [5.41, 5.74) is 0.223. The van der Waals surface area contributed by atoms with Gasteiger partial charge in [-0.15, -0.1) is 0 Å². The van der Waals surface area contributed by atoms with E-state index in [-0.39, 0.29) is 34.1 Å². The van der Waals surface area contributed by atoms with Crippen LogP contribution in [0.25, 0.3) is 0 Å². The third-order valence-electron chi connectivity index (χ3n) is 3.55. The summed E-state index contributed by atoms with van der Waals surface area (Å²) in [4.78, 5) is 0. The fourth-order valence-corrected chi connectivity index (χ4v) is 2.89. The third kappa shape index (κ3) is 4.44. The maximum absolute atomic E-state index is 9.32. The van der Waals surface area contributed by atoms with E-state index >= 15 is 0 Å². The molecule has 0 N–H and O–H groups in total. The molecule has 0 aliphatic carbocycles. The highest BCUT2D eigenvalue weighted by Gasteiger charge is 2.17. The fraction of sp³-hybridized carbons (Fsp3) is 0. The van der Waals surface area contributed by atoms with Crippen molar-refractivity contribution in [1.82, 2.24) is 0 Å². The summed E-state index contributed by atoms with van der Waals surface area (Å²) in [7, 11) is 0. The number of benzene rings is 3. The Balaban J connectivity index is 2.12. The van der Waals surface area contributed by atoms with Crippen LogP contribution in [-0.2, 0) is 0 Å². The van der Waals surface area contributed by atoms with E-state index in [0.717, 1.165) is 0 Å². The molecule has 0 radical (unpaired) electrons. The van der Waals surface area contributed by atoms with Gasteiger partial charge in [0.2, 0.25) is 0 Å². The van der Waals surface area contributed by atoms with Crippen LogP contribution in [-0.4, -0.2) is 0 Å². The van der Waals surface area contributed by atoms with Gasteiger partial charge in [0.15, 0.2) is 11.5 Å².